The largest absolute Gasteiger partial charge is 0.348 e. The first-order valence-corrected chi connectivity index (χ1v) is 10.6. The molecule has 1 atom stereocenters. The molecule has 0 spiro atoms. The van der Waals surface area contributed by atoms with E-state index >= 15 is 0 Å². The van der Waals surface area contributed by atoms with E-state index in [4.69, 9.17) is 0 Å². The van der Waals surface area contributed by atoms with Gasteiger partial charge in [0.15, 0.2) is 0 Å². The lowest BCUT2D eigenvalue weighted by Crippen LogP contribution is -2.24. The van der Waals surface area contributed by atoms with Gasteiger partial charge in [0, 0.05) is 66.9 Å². The average molecular weight is 422 g/mol. The summed E-state index contributed by atoms with van der Waals surface area (Å²) < 4.78 is 0. The summed E-state index contributed by atoms with van der Waals surface area (Å²) in [6.45, 7) is 1.06. The maximum Gasteiger partial charge on any atom is 0.251 e. The topological polar surface area (TPSA) is 75.2 Å². The summed E-state index contributed by atoms with van der Waals surface area (Å²) in [5, 5.41) is 5.03. The molecule has 0 saturated carbocycles. The molecule has 158 valence electrons. The molecule has 6 nitrogen and oxygen atoms in total. The summed E-state index contributed by atoms with van der Waals surface area (Å²) in [5.74, 6) is 0.0834. The third-order valence-electron chi connectivity index (χ3n) is 5.88. The molecule has 1 N–H and O–H groups in total. The number of aromatic nitrogens is 2. The Labute approximate surface area is 185 Å². The lowest BCUT2D eigenvalue weighted by atomic mass is 9.97. The first-order chi connectivity index (χ1) is 15.7. The summed E-state index contributed by atoms with van der Waals surface area (Å²) in [5.41, 5.74) is 3.52. The van der Waals surface area contributed by atoms with Crippen molar-refractivity contribution in [3.05, 3.63) is 102 Å². The van der Waals surface area contributed by atoms with Gasteiger partial charge in [0.05, 0.1) is 0 Å². The van der Waals surface area contributed by atoms with Crippen molar-refractivity contribution in [1.82, 2.24) is 15.3 Å². The predicted octanol–water partition coefficient (Wildman–Crippen LogP) is 4.08. The molecular formula is C26H22N4O2. The highest BCUT2D eigenvalue weighted by atomic mass is 16.2. The zero-order chi connectivity index (χ0) is 21.9. The molecule has 3 heterocycles. The Morgan fingerprint density at radius 3 is 2.62 bits per heavy atom. The van der Waals surface area contributed by atoms with Crippen LogP contribution >= 0.6 is 0 Å². The zero-order valence-electron chi connectivity index (χ0n) is 17.4. The van der Waals surface area contributed by atoms with E-state index in [0.29, 0.717) is 25.1 Å². The van der Waals surface area contributed by atoms with Crippen molar-refractivity contribution < 1.29 is 9.59 Å². The summed E-state index contributed by atoms with van der Waals surface area (Å²) in [7, 11) is 0. The van der Waals surface area contributed by atoms with E-state index < -0.39 is 0 Å². The number of hydrogen-bond donors (Lipinski definition) is 1. The average Bonchev–Trinajstić information content (AvgIpc) is 3.24. The number of nitrogens with one attached hydrogen (secondary N) is 1. The van der Waals surface area contributed by atoms with Crippen LogP contribution in [0.15, 0.2) is 85.5 Å². The number of amides is 2. The number of rotatable bonds is 5. The van der Waals surface area contributed by atoms with Gasteiger partial charge in [0.1, 0.15) is 0 Å². The van der Waals surface area contributed by atoms with Crippen LogP contribution in [-0.4, -0.2) is 28.3 Å². The summed E-state index contributed by atoms with van der Waals surface area (Å²) in [6, 6.07) is 19.3. The van der Waals surface area contributed by atoms with Crippen molar-refractivity contribution in [2.24, 2.45) is 0 Å². The molecule has 6 heteroatoms. The summed E-state index contributed by atoms with van der Waals surface area (Å²) in [6.07, 6.45) is 7.48. The van der Waals surface area contributed by atoms with E-state index in [0.717, 1.165) is 27.6 Å². The second-order valence-corrected chi connectivity index (χ2v) is 7.98. The molecule has 0 radical (unpaired) electrons. The highest BCUT2D eigenvalue weighted by molar-refractivity contribution is 5.99. The van der Waals surface area contributed by atoms with E-state index in [2.05, 4.69) is 15.3 Å². The fourth-order valence-electron chi connectivity index (χ4n) is 4.11. The summed E-state index contributed by atoms with van der Waals surface area (Å²) in [4.78, 5) is 35.2. The Morgan fingerprint density at radius 2 is 1.81 bits per heavy atom. The van der Waals surface area contributed by atoms with Gasteiger partial charge in [0.2, 0.25) is 5.91 Å². The van der Waals surface area contributed by atoms with E-state index in [1.54, 1.807) is 18.6 Å². The van der Waals surface area contributed by atoms with E-state index in [-0.39, 0.29) is 17.7 Å². The van der Waals surface area contributed by atoms with Gasteiger partial charge in [-0.1, -0.05) is 24.3 Å². The number of benzene rings is 2. The van der Waals surface area contributed by atoms with Crippen molar-refractivity contribution in [3.8, 4) is 0 Å². The number of carbonyl (C=O) groups excluding carboxylic acids is 2. The third kappa shape index (κ3) is 4.07. The van der Waals surface area contributed by atoms with Crippen molar-refractivity contribution in [2.45, 2.75) is 18.9 Å². The van der Waals surface area contributed by atoms with E-state index in [9.17, 15) is 9.59 Å². The minimum atomic E-state index is -0.129. The Balaban J connectivity index is 1.26. The number of pyridine rings is 2. The number of nitrogens with zero attached hydrogens (tertiary/aromatic N) is 3. The second kappa shape index (κ2) is 8.59. The molecule has 2 aromatic carbocycles. The molecule has 2 aromatic heterocycles. The number of anilines is 1. The number of fused-ring (bicyclic) bond motifs is 1. The van der Waals surface area contributed by atoms with Gasteiger partial charge in [-0.3, -0.25) is 19.6 Å². The van der Waals surface area contributed by atoms with Gasteiger partial charge in [-0.25, -0.2) is 0 Å². The molecular weight excluding hydrogens is 400 g/mol. The van der Waals surface area contributed by atoms with Gasteiger partial charge >= 0.3 is 0 Å². The highest BCUT2D eigenvalue weighted by Crippen LogP contribution is 2.33. The van der Waals surface area contributed by atoms with Gasteiger partial charge in [-0.05, 0) is 52.9 Å². The molecule has 0 aliphatic carbocycles. The Morgan fingerprint density at radius 1 is 0.969 bits per heavy atom. The van der Waals surface area contributed by atoms with Crippen LogP contribution in [0.1, 0.15) is 33.8 Å². The third-order valence-corrected chi connectivity index (χ3v) is 5.88. The van der Waals surface area contributed by atoms with E-state index in [1.807, 2.05) is 71.8 Å². The molecule has 1 fully saturated rings. The Bertz CT molecular complexity index is 1270. The fraction of sp³-hybridized carbons (Fsp3) is 0.154. The van der Waals surface area contributed by atoms with E-state index in [1.165, 1.54) is 0 Å². The highest BCUT2D eigenvalue weighted by Gasteiger charge is 2.31. The predicted molar refractivity (Wildman–Crippen MR) is 123 cm³/mol. The SMILES string of the molecule is O=C(NCc1cccnc1)c1ccc(C2CC(=O)N(c3ccc4cnccc4c3)C2)cc1. The smallest absolute Gasteiger partial charge is 0.251 e. The Kier molecular flexibility index (Phi) is 5.34. The van der Waals surface area contributed by atoms with Crippen molar-refractivity contribution in [3.63, 3.8) is 0 Å². The zero-order valence-corrected chi connectivity index (χ0v) is 17.4. The van der Waals surface area contributed by atoms with Gasteiger partial charge in [0.25, 0.3) is 5.91 Å². The first-order valence-electron chi connectivity index (χ1n) is 10.6. The molecule has 1 saturated heterocycles. The molecule has 5 rings (SSSR count). The molecule has 32 heavy (non-hydrogen) atoms. The molecule has 0 bridgehead atoms. The quantitative estimate of drug-likeness (QED) is 0.526. The minimum absolute atomic E-state index is 0.100. The van der Waals surface area contributed by atoms with Crippen LogP contribution in [0.3, 0.4) is 0 Å². The monoisotopic (exact) mass is 422 g/mol. The molecule has 2 amide bonds. The van der Waals surface area contributed by atoms with Crippen LogP contribution < -0.4 is 10.2 Å². The summed E-state index contributed by atoms with van der Waals surface area (Å²) >= 11 is 0. The van der Waals surface area contributed by atoms with Gasteiger partial charge < -0.3 is 10.2 Å². The lowest BCUT2D eigenvalue weighted by molar-refractivity contribution is -0.117. The van der Waals surface area contributed by atoms with Gasteiger partial charge in [-0.15, -0.1) is 0 Å². The van der Waals surface area contributed by atoms with Crippen LogP contribution in [-0.2, 0) is 11.3 Å². The maximum absolute atomic E-state index is 12.7. The van der Waals surface area contributed by atoms with Crippen LogP contribution in [0.25, 0.3) is 10.8 Å². The molecule has 1 aliphatic rings. The lowest BCUT2D eigenvalue weighted by Gasteiger charge is -2.17. The number of hydrogen-bond acceptors (Lipinski definition) is 4. The van der Waals surface area contributed by atoms with Crippen LogP contribution in [0, 0.1) is 0 Å². The van der Waals surface area contributed by atoms with Crippen molar-refractivity contribution in [1.29, 1.82) is 0 Å². The fourth-order valence-corrected chi connectivity index (χ4v) is 4.11. The normalized spacial score (nSPS) is 15.8. The number of carbonyl (C=O) groups is 2. The maximum atomic E-state index is 12.7. The van der Waals surface area contributed by atoms with Crippen molar-refractivity contribution >= 4 is 28.3 Å². The first kappa shape index (κ1) is 19.9. The minimum Gasteiger partial charge on any atom is -0.348 e. The molecule has 1 unspecified atom stereocenters. The van der Waals surface area contributed by atoms with Crippen LogP contribution in [0.4, 0.5) is 5.69 Å². The van der Waals surface area contributed by atoms with Crippen LogP contribution in [0.2, 0.25) is 0 Å². The Hall–Kier alpha value is -4.06. The standard InChI is InChI=1S/C26H22N4O2/c31-25-13-23(17-30(25)24-8-7-22-16-28-11-9-21(22)12-24)19-3-5-20(6-4-19)26(32)29-15-18-2-1-10-27-14-18/h1-12,14,16,23H,13,15,17H2,(H,29,32). The molecule has 4 aromatic rings. The molecule has 1 aliphatic heterocycles. The van der Waals surface area contributed by atoms with Crippen molar-refractivity contribution in [2.75, 3.05) is 11.4 Å². The second-order valence-electron chi connectivity index (χ2n) is 7.98. The van der Waals surface area contributed by atoms with Gasteiger partial charge in [-0.2, -0.15) is 0 Å². The van der Waals surface area contributed by atoms with Crippen LogP contribution in [0.5, 0.6) is 0 Å².